The Morgan fingerprint density at radius 1 is 0.595 bits per heavy atom. The summed E-state index contributed by atoms with van der Waals surface area (Å²) in [6.07, 6.45) is 2.27. The van der Waals surface area contributed by atoms with Gasteiger partial charge in [0, 0.05) is 29.2 Å². The summed E-state index contributed by atoms with van der Waals surface area (Å²) in [7, 11) is 0. The van der Waals surface area contributed by atoms with Gasteiger partial charge < -0.3 is 14.4 Å². The first-order valence-corrected chi connectivity index (χ1v) is 11.7. The van der Waals surface area contributed by atoms with Crippen molar-refractivity contribution < 1.29 is 19.1 Å². The third kappa shape index (κ3) is 6.03. The monoisotopic (exact) mass is 489 g/mol. The smallest absolute Gasteiger partial charge is 0.335 e. The summed E-state index contributed by atoms with van der Waals surface area (Å²) < 4.78 is 10.4. The van der Waals surface area contributed by atoms with Crippen LogP contribution >= 0.6 is 0 Å². The Labute approximate surface area is 216 Å². The van der Waals surface area contributed by atoms with Crippen molar-refractivity contribution >= 4 is 29.0 Å². The fourth-order valence-corrected chi connectivity index (χ4v) is 3.81. The fraction of sp³-hybridized carbons (Fsp3) is 0.0625. The summed E-state index contributed by atoms with van der Waals surface area (Å²) in [6, 6.07) is 29.2. The van der Waals surface area contributed by atoms with Crippen LogP contribution in [-0.4, -0.2) is 11.9 Å². The van der Waals surface area contributed by atoms with Gasteiger partial charge in [-0.3, -0.25) is 0 Å². The van der Waals surface area contributed by atoms with E-state index in [2.05, 4.69) is 62.2 Å². The molecular weight excluding hydrogens is 462 g/mol. The molecule has 4 aromatic carbocycles. The second-order valence-corrected chi connectivity index (χ2v) is 8.42. The van der Waals surface area contributed by atoms with Crippen LogP contribution in [0.25, 0.3) is 11.1 Å². The molecule has 0 bridgehead atoms. The van der Waals surface area contributed by atoms with Gasteiger partial charge in [-0.2, -0.15) is 0 Å². The molecule has 0 N–H and O–H groups in total. The van der Waals surface area contributed by atoms with E-state index in [4.69, 9.17) is 9.47 Å². The maximum absolute atomic E-state index is 11.6. The highest BCUT2D eigenvalue weighted by Gasteiger charge is 2.14. The van der Waals surface area contributed by atoms with Gasteiger partial charge in [-0.25, -0.2) is 9.59 Å². The molecule has 0 aromatic heterocycles. The molecule has 37 heavy (non-hydrogen) atoms. The van der Waals surface area contributed by atoms with Crippen molar-refractivity contribution in [2.24, 2.45) is 0 Å². The van der Waals surface area contributed by atoms with Crippen LogP contribution in [-0.2, 0) is 9.59 Å². The first kappa shape index (κ1) is 25.2. The number of benzene rings is 4. The summed E-state index contributed by atoms with van der Waals surface area (Å²) in [4.78, 5) is 25.1. The number of ether oxygens (including phenoxy) is 2. The molecule has 0 radical (unpaired) electrons. The largest absolute Gasteiger partial charge is 0.423 e. The normalized spacial score (nSPS) is 10.3. The molecule has 0 aliphatic heterocycles. The van der Waals surface area contributed by atoms with E-state index in [1.165, 1.54) is 11.1 Å². The van der Waals surface area contributed by atoms with E-state index in [-0.39, 0.29) is 0 Å². The average Bonchev–Trinajstić information content (AvgIpc) is 2.92. The number of carbonyl (C=O) groups excluding carboxylic acids is 2. The highest BCUT2D eigenvalue weighted by molar-refractivity contribution is 5.84. The van der Waals surface area contributed by atoms with Crippen LogP contribution in [0, 0.1) is 13.8 Å². The molecule has 5 heteroatoms. The summed E-state index contributed by atoms with van der Waals surface area (Å²) in [5.41, 5.74) is 7.33. The summed E-state index contributed by atoms with van der Waals surface area (Å²) in [6.45, 7) is 11.0. The predicted octanol–water partition coefficient (Wildman–Crippen LogP) is 7.62. The van der Waals surface area contributed by atoms with Crippen LogP contribution in [0.15, 0.2) is 116 Å². The highest BCUT2D eigenvalue weighted by atomic mass is 16.5. The van der Waals surface area contributed by atoms with Crippen molar-refractivity contribution in [3.05, 3.63) is 127 Å². The molecule has 0 unspecified atom stereocenters. The third-order valence-corrected chi connectivity index (χ3v) is 5.93. The van der Waals surface area contributed by atoms with E-state index < -0.39 is 11.9 Å². The van der Waals surface area contributed by atoms with Gasteiger partial charge in [0.25, 0.3) is 0 Å². The van der Waals surface area contributed by atoms with E-state index >= 15 is 0 Å². The minimum Gasteiger partial charge on any atom is -0.423 e. The number of hydrogen-bond donors (Lipinski definition) is 0. The Morgan fingerprint density at radius 2 is 1.00 bits per heavy atom. The van der Waals surface area contributed by atoms with Gasteiger partial charge in [-0.15, -0.1) is 0 Å². The number of carbonyl (C=O) groups is 2. The lowest BCUT2D eigenvalue weighted by atomic mass is 10.0. The minimum atomic E-state index is -0.499. The zero-order valence-electron chi connectivity index (χ0n) is 20.8. The molecule has 0 aliphatic carbocycles. The number of esters is 2. The van der Waals surface area contributed by atoms with Crippen molar-refractivity contribution in [1.82, 2.24) is 0 Å². The molecule has 4 aromatic rings. The molecule has 0 amide bonds. The molecule has 4 rings (SSSR count). The number of rotatable bonds is 8. The van der Waals surface area contributed by atoms with E-state index in [0.29, 0.717) is 11.5 Å². The SMILES string of the molecule is C=CC(=O)Oc1ccc(-c2ccc(N(c3ccc(OC(=O)C=C)cc3)c3ccc(C)c(C)c3)cc2)cc1. The Balaban J connectivity index is 1.66. The first-order valence-electron chi connectivity index (χ1n) is 11.7. The number of anilines is 3. The third-order valence-electron chi connectivity index (χ3n) is 5.93. The van der Waals surface area contributed by atoms with Gasteiger partial charge in [0.2, 0.25) is 0 Å². The molecular formula is C32H27NO4. The Bertz CT molecular complexity index is 1440. The van der Waals surface area contributed by atoms with Crippen LogP contribution < -0.4 is 14.4 Å². The summed E-state index contributed by atoms with van der Waals surface area (Å²) in [5, 5.41) is 0. The predicted molar refractivity (Wildman–Crippen MR) is 148 cm³/mol. The molecule has 0 heterocycles. The zero-order chi connectivity index (χ0) is 26.4. The van der Waals surface area contributed by atoms with Crippen LogP contribution in [0.5, 0.6) is 11.5 Å². The van der Waals surface area contributed by atoms with Crippen molar-refractivity contribution in [3.8, 4) is 22.6 Å². The Hall–Kier alpha value is -4.90. The number of aryl methyl sites for hydroxylation is 2. The molecule has 0 saturated heterocycles. The van der Waals surface area contributed by atoms with Gasteiger partial charge in [-0.1, -0.05) is 43.5 Å². The molecule has 0 saturated carbocycles. The second kappa shape index (κ2) is 11.2. The van der Waals surface area contributed by atoms with Gasteiger partial charge in [-0.05, 0) is 96.8 Å². The topological polar surface area (TPSA) is 55.8 Å². The van der Waals surface area contributed by atoms with Gasteiger partial charge in [0.1, 0.15) is 11.5 Å². The molecule has 0 spiro atoms. The number of nitrogens with zero attached hydrogens (tertiary/aromatic N) is 1. The first-order chi connectivity index (χ1) is 17.9. The molecule has 5 nitrogen and oxygen atoms in total. The van der Waals surface area contributed by atoms with E-state index in [1.54, 1.807) is 24.3 Å². The van der Waals surface area contributed by atoms with Crippen molar-refractivity contribution in [2.45, 2.75) is 13.8 Å². The average molecular weight is 490 g/mol. The van der Waals surface area contributed by atoms with Gasteiger partial charge in [0.15, 0.2) is 0 Å². The lowest BCUT2D eigenvalue weighted by molar-refractivity contribution is -0.129. The van der Waals surface area contributed by atoms with E-state index in [0.717, 1.165) is 40.3 Å². The lowest BCUT2D eigenvalue weighted by Crippen LogP contribution is -2.10. The molecule has 0 atom stereocenters. The summed E-state index contributed by atoms with van der Waals surface area (Å²) in [5.74, 6) is -0.0728. The van der Waals surface area contributed by atoms with E-state index in [1.807, 2.05) is 36.4 Å². The van der Waals surface area contributed by atoms with Crippen LogP contribution in [0.2, 0.25) is 0 Å². The van der Waals surface area contributed by atoms with Gasteiger partial charge >= 0.3 is 11.9 Å². The van der Waals surface area contributed by atoms with Gasteiger partial charge in [0.05, 0.1) is 0 Å². The molecule has 184 valence electrons. The minimum absolute atomic E-state index is 0.450. The lowest BCUT2D eigenvalue weighted by Gasteiger charge is -2.26. The second-order valence-electron chi connectivity index (χ2n) is 8.42. The van der Waals surface area contributed by atoms with Crippen molar-refractivity contribution in [2.75, 3.05) is 4.90 Å². The van der Waals surface area contributed by atoms with E-state index in [9.17, 15) is 9.59 Å². The van der Waals surface area contributed by atoms with Crippen LogP contribution in [0.1, 0.15) is 11.1 Å². The quantitative estimate of drug-likeness (QED) is 0.145. The molecule has 0 fully saturated rings. The maximum atomic E-state index is 11.6. The van der Waals surface area contributed by atoms with Crippen LogP contribution in [0.4, 0.5) is 17.1 Å². The molecule has 0 aliphatic rings. The summed E-state index contributed by atoms with van der Waals surface area (Å²) >= 11 is 0. The maximum Gasteiger partial charge on any atom is 0.335 e. The fourth-order valence-electron chi connectivity index (χ4n) is 3.81. The Kier molecular flexibility index (Phi) is 7.65. The highest BCUT2D eigenvalue weighted by Crippen LogP contribution is 2.37. The van der Waals surface area contributed by atoms with Crippen molar-refractivity contribution in [1.29, 1.82) is 0 Å². The Morgan fingerprint density at radius 3 is 1.46 bits per heavy atom. The standard InChI is InChI=1S/C32H27NO4/c1-5-31(34)36-29-17-10-25(11-18-29)24-8-13-26(14-9-24)33(28-12-7-22(3)23(4)21-28)27-15-19-30(20-16-27)37-32(35)6-2/h5-21H,1-2H2,3-4H3. The number of hydrogen-bond acceptors (Lipinski definition) is 5. The zero-order valence-corrected chi connectivity index (χ0v) is 20.8. The van der Waals surface area contributed by atoms with Crippen molar-refractivity contribution in [3.63, 3.8) is 0 Å². The van der Waals surface area contributed by atoms with Crippen LogP contribution in [0.3, 0.4) is 0 Å².